The molecular weight excluding hydrogens is 266 g/mol. The minimum Gasteiger partial charge on any atom is -0.344 e. The zero-order valence-corrected chi connectivity index (χ0v) is 12.7. The predicted molar refractivity (Wildman–Crippen MR) is 78.8 cm³/mol. The highest BCUT2D eigenvalue weighted by molar-refractivity contribution is 5.80. The van der Waals surface area contributed by atoms with E-state index in [4.69, 9.17) is 0 Å². The standard InChI is InChI=1S/C15H21N5O/c1-9-8-16-15(17-9)13-5-4-6-20(13)14(21)7-12-10(2)18-19-11(12)3/h8,13H,4-7H2,1-3H3,(H,16,17)(H,18,19). The second-order valence-electron chi connectivity index (χ2n) is 5.79. The third-order valence-electron chi connectivity index (χ3n) is 4.22. The number of aromatic nitrogens is 4. The van der Waals surface area contributed by atoms with Crippen LogP contribution in [0.1, 0.15) is 47.4 Å². The van der Waals surface area contributed by atoms with Crippen LogP contribution in [-0.4, -0.2) is 37.5 Å². The number of nitrogens with zero attached hydrogens (tertiary/aromatic N) is 3. The van der Waals surface area contributed by atoms with E-state index in [1.807, 2.05) is 31.9 Å². The van der Waals surface area contributed by atoms with Crippen LogP contribution < -0.4 is 0 Å². The summed E-state index contributed by atoms with van der Waals surface area (Å²) >= 11 is 0. The molecule has 0 spiro atoms. The van der Waals surface area contributed by atoms with Gasteiger partial charge in [0.05, 0.1) is 18.2 Å². The average molecular weight is 287 g/mol. The van der Waals surface area contributed by atoms with Crippen molar-refractivity contribution in [2.45, 2.75) is 46.1 Å². The van der Waals surface area contributed by atoms with Crippen LogP contribution in [0, 0.1) is 20.8 Å². The number of hydrogen-bond donors (Lipinski definition) is 2. The van der Waals surface area contributed by atoms with E-state index in [0.717, 1.165) is 47.9 Å². The Kier molecular flexibility index (Phi) is 3.53. The van der Waals surface area contributed by atoms with Gasteiger partial charge in [-0.3, -0.25) is 9.89 Å². The molecule has 0 radical (unpaired) electrons. The zero-order chi connectivity index (χ0) is 15.0. The summed E-state index contributed by atoms with van der Waals surface area (Å²) < 4.78 is 0. The number of aryl methyl sites for hydroxylation is 3. The van der Waals surface area contributed by atoms with Crippen molar-refractivity contribution in [1.82, 2.24) is 25.1 Å². The Balaban J connectivity index is 1.77. The van der Waals surface area contributed by atoms with Crippen LogP contribution in [0.3, 0.4) is 0 Å². The van der Waals surface area contributed by atoms with Crippen molar-refractivity contribution in [3.05, 3.63) is 34.7 Å². The van der Waals surface area contributed by atoms with E-state index >= 15 is 0 Å². The van der Waals surface area contributed by atoms with Crippen molar-refractivity contribution < 1.29 is 4.79 Å². The van der Waals surface area contributed by atoms with Crippen LogP contribution in [0.25, 0.3) is 0 Å². The highest BCUT2D eigenvalue weighted by Gasteiger charge is 2.32. The molecule has 1 aliphatic rings. The van der Waals surface area contributed by atoms with Crippen LogP contribution in [0.2, 0.25) is 0 Å². The van der Waals surface area contributed by atoms with Gasteiger partial charge in [0.25, 0.3) is 0 Å². The number of nitrogens with one attached hydrogen (secondary N) is 2. The lowest BCUT2D eigenvalue weighted by Crippen LogP contribution is -2.32. The minimum absolute atomic E-state index is 0.0821. The first-order valence-electron chi connectivity index (χ1n) is 7.37. The van der Waals surface area contributed by atoms with Crippen LogP contribution >= 0.6 is 0 Å². The second kappa shape index (κ2) is 5.35. The van der Waals surface area contributed by atoms with Gasteiger partial charge in [0.15, 0.2) is 0 Å². The maximum Gasteiger partial charge on any atom is 0.227 e. The second-order valence-corrected chi connectivity index (χ2v) is 5.79. The summed E-state index contributed by atoms with van der Waals surface area (Å²) in [5.74, 6) is 1.05. The van der Waals surface area contributed by atoms with E-state index < -0.39 is 0 Å². The SMILES string of the molecule is Cc1cnc(C2CCCN2C(=O)Cc2c(C)n[nH]c2C)[nH]1. The molecule has 21 heavy (non-hydrogen) atoms. The van der Waals surface area contributed by atoms with E-state index in [-0.39, 0.29) is 11.9 Å². The molecule has 3 heterocycles. The summed E-state index contributed by atoms with van der Waals surface area (Å²) in [6.45, 7) is 6.68. The van der Waals surface area contributed by atoms with Crippen molar-refractivity contribution in [3.63, 3.8) is 0 Å². The molecule has 1 saturated heterocycles. The fourth-order valence-corrected chi connectivity index (χ4v) is 3.04. The predicted octanol–water partition coefficient (Wildman–Crippen LogP) is 1.96. The van der Waals surface area contributed by atoms with E-state index in [1.165, 1.54) is 0 Å². The van der Waals surface area contributed by atoms with Gasteiger partial charge in [0.1, 0.15) is 5.82 Å². The van der Waals surface area contributed by atoms with Gasteiger partial charge in [-0.1, -0.05) is 0 Å². The highest BCUT2D eigenvalue weighted by atomic mass is 16.2. The first-order valence-corrected chi connectivity index (χ1v) is 7.37. The molecule has 2 N–H and O–H groups in total. The Bertz CT molecular complexity index is 637. The van der Waals surface area contributed by atoms with Crippen LogP contribution in [0.15, 0.2) is 6.20 Å². The fourth-order valence-electron chi connectivity index (χ4n) is 3.04. The van der Waals surface area contributed by atoms with Gasteiger partial charge in [-0.15, -0.1) is 0 Å². The van der Waals surface area contributed by atoms with Crippen molar-refractivity contribution in [3.8, 4) is 0 Å². The largest absolute Gasteiger partial charge is 0.344 e. The van der Waals surface area contributed by atoms with E-state index in [9.17, 15) is 4.79 Å². The lowest BCUT2D eigenvalue weighted by Gasteiger charge is -2.23. The van der Waals surface area contributed by atoms with Gasteiger partial charge < -0.3 is 9.88 Å². The van der Waals surface area contributed by atoms with Gasteiger partial charge >= 0.3 is 0 Å². The average Bonchev–Trinajstić information content (AvgIpc) is 3.14. The van der Waals surface area contributed by atoms with Crippen LogP contribution in [0.5, 0.6) is 0 Å². The maximum atomic E-state index is 12.7. The molecule has 0 saturated carbocycles. The molecule has 0 aliphatic carbocycles. The van der Waals surface area contributed by atoms with Crippen molar-refractivity contribution in [2.75, 3.05) is 6.54 Å². The van der Waals surface area contributed by atoms with Crippen LogP contribution in [0.4, 0.5) is 0 Å². The Morgan fingerprint density at radius 2 is 2.24 bits per heavy atom. The molecule has 3 rings (SSSR count). The molecule has 0 bridgehead atoms. The summed E-state index contributed by atoms with van der Waals surface area (Å²) in [5, 5.41) is 7.10. The molecule has 1 fully saturated rings. The fraction of sp³-hybridized carbons (Fsp3) is 0.533. The number of H-pyrrole nitrogens is 2. The third kappa shape index (κ3) is 2.57. The molecule has 1 aliphatic heterocycles. The smallest absolute Gasteiger partial charge is 0.227 e. The monoisotopic (exact) mass is 287 g/mol. The number of carbonyl (C=O) groups excluding carboxylic acids is 1. The molecule has 0 aromatic carbocycles. The number of likely N-dealkylation sites (tertiary alicyclic amines) is 1. The summed E-state index contributed by atoms with van der Waals surface area (Å²) in [6, 6.07) is 0.0821. The molecule has 112 valence electrons. The molecule has 2 aromatic rings. The lowest BCUT2D eigenvalue weighted by molar-refractivity contribution is -0.131. The summed E-state index contributed by atoms with van der Waals surface area (Å²) in [5.41, 5.74) is 3.93. The van der Waals surface area contributed by atoms with E-state index in [0.29, 0.717) is 6.42 Å². The lowest BCUT2D eigenvalue weighted by atomic mass is 10.1. The Hall–Kier alpha value is -2.11. The van der Waals surface area contributed by atoms with Crippen molar-refractivity contribution in [2.24, 2.45) is 0 Å². The topological polar surface area (TPSA) is 77.7 Å². The molecule has 1 atom stereocenters. The molecule has 2 aromatic heterocycles. The summed E-state index contributed by atoms with van der Waals surface area (Å²) in [7, 11) is 0. The minimum atomic E-state index is 0.0821. The molecule has 1 amide bonds. The first-order chi connectivity index (χ1) is 10.1. The quantitative estimate of drug-likeness (QED) is 0.906. The Morgan fingerprint density at radius 3 is 2.86 bits per heavy atom. The molecule has 6 heteroatoms. The Morgan fingerprint density at radius 1 is 1.43 bits per heavy atom. The van der Waals surface area contributed by atoms with Crippen molar-refractivity contribution in [1.29, 1.82) is 0 Å². The van der Waals surface area contributed by atoms with Gasteiger partial charge in [-0.2, -0.15) is 5.10 Å². The highest BCUT2D eigenvalue weighted by Crippen LogP contribution is 2.30. The molecule has 1 unspecified atom stereocenters. The van der Waals surface area contributed by atoms with Crippen LogP contribution in [-0.2, 0) is 11.2 Å². The van der Waals surface area contributed by atoms with Gasteiger partial charge in [-0.25, -0.2) is 4.98 Å². The number of imidazole rings is 1. The number of aromatic amines is 2. The van der Waals surface area contributed by atoms with Gasteiger partial charge in [0, 0.05) is 29.7 Å². The van der Waals surface area contributed by atoms with Crippen molar-refractivity contribution >= 4 is 5.91 Å². The normalized spacial score (nSPS) is 18.4. The van der Waals surface area contributed by atoms with Gasteiger partial charge in [-0.05, 0) is 33.6 Å². The zero-order valence-electron chi connectivity index (χ0n) is 12.7. The summed E-state index contributed by atoms with van der Waals surface area (Å²) in [6.07, 6.45) is 4.23. The number of hydrogen-bond acceptors (Lipinski definition) is 3. The molecular formula is C15H21N5O. The number of carbonyl (C=O) groups is 1. The van der Waals surface area contributed by atoms with E-state index in [2.05, 4.69) is 20.2 Å². The Labute approximate surface area is 124 Å². The number of amides is 1. The molecule has 6 nitrogen and oxygen atoms in total. The third-order valence-corrected chi connectivity index (χ3v) is 4.22. The maximum absolute atomic E-state index is 12.7. The van der Waals surface area contributed by atoms with E-state index in [1.54, 1.807) is 0 Å². The summed E-state index contributed by atoms with van der Waals surface area (Å²) in [4.78, 5) is 22.3. The first kappa shape index (κ1) is 13.9. The van der Waals surface area contributed by atoms with Gasteiger partial charge in [0.2, 0.25) is 5.91 Å². The number of rotatable bonds is 3.